The first-order valence-electron chi connectivity index (χ1n) is 6.54. The van der Waals surface area contributed by atoms with Crippen LogP contribution in [0.5, 0.6) is 5.75 Å². The number of hydrogen-bond donors (Lipinski definition) is 2. The van der Waals surface area contributed by atoms with Gasteiger partial charge in [0.1, 0.15) is 12.4 Å². The average Bonchev–Trinajstić information content (AvgIpc) is 2.49. The fraction of sp³-hybridized carbons (Fsp3) is 0.538. The Morgan fingerprint density at radius 1 is 1.19 bits per heavy atom. The van der Waals surface area contributed by atoms with Crippen molar-refractivity contribution in [2.75, 3.05) is 52.0 Å². The zero-order valence-electron chi connectivity index (χ0n) is 11.9. The van der Waals surface area contributed by atoms with Gasteiger partial charge in [0.15, 0.2) is 0 Å². The number of non-ortho nitro benzene ring substituents is 1. The molecule has 0 fully saturated rings. The summed E-state index contributed by atoms with van der Waals surface area (Å²) in [7, 11) is 1.71. The van der Waals surface area contributed by atoms with Crippen LogP contribution in [0, 0.1) is 10.1 Å². The minimum absolute atomic E-state index is 0.0112. The van der Waals surface area contributed by atoms with Gasteiger partial charge in [-0.3, -0.25) is 10.1 Å². The fourth-order valence-corrected chi connectivity index (χ4v) is 1.55. The first-order valence-corrected chi connectivity index (χ1v) is 6.54. The van der Waals surface area contributed by atoms with Gasteiger partial charge in [-0.2, -0.15) is 0 Å². The summed E-state index contributed by atoms with van der Waals surface area (Å²) in [6, 6.07) is 4.38. The van der Waals surface area contributed by atoms with Gasteiger partial charge in [-0.05, 0) is 6.07 Å². The summed E-state index contributed by atoms with van der Waals surface area (Å²) in [5.41, 5.74) is 0.647. The predicted molar refractivity (Wildman–Crippen MR) is 76.9 cm³/mol. The Morgan fingerprint density at radius 2 is 1.86 bits per heavy atom. The molecular weight excluding hydrogens is 280 g/mol. The number of aliphatic hydroxyl groups excluding tert-OH is 1. The molecule has 1 rings (SSSR count). The molecule has 0 heterocycles. The molecule has 0 unspecified atom stereocenters. The third-order valence-electron chi connectivity index (χ3n) is 2.54. The highest BCUT2D eigenvalue weighted by atomic mass is 16.6. The van der Waals surface area contributed by atoms with E-state index in [0.29, 0.717) is 37.9 Å². The van der Waals surface area contributed by atoms with Crippen LogP contribution >= 0.6 is 0 Å². The van der Waals surface area contributed by atoms with E-state index in [0.717, 1.165) is 0 Å². The summed E-state index contributed by atoms with van der Waals surface area (Å²) in [5, 5.41) is 22.1. The van der Waals surface area contributed by atoms with Gasteiger partial charge >= 0.3 is 0 Å². The molecule has 0 bridgehead atoms. The molecule has 1 aromatic rings. The van der Waals surface area contributed by atoms with Crippen LogP contribution in [0.2, 0.25) is 0 Å². The first kappa shape index (κ1) is 17.2. The van der Waals surface area contributed by atoms with Crippen molar-refractivity contribution in [1.82, 2.24) is 0 Å². The predicted octanol–water partition coefficient (Wildman–Crippen LogP) is 1.04. The van der Waals surface area contributed by atoms with Crippen molar-refractivity contribution in [1.29, 1.82) is 0 Å². The number of nitro benzene ring substituents is 1. The molecule has 0 radical (unpaired) electrons. The van der Waals surface area contributed by atoms with Gasteiger partial charge < -0.3 is 24.6 Å². The van der Waals surface area contributed by atoms with Crippen LogP contribution in [-0.2, 0) is 9.47 Å². The normalized spacial score (nSPS) is 10.4. The van der Waals surface area contributed by atoms with Crippen LogP contribution in [0.25, 0.3) is 0 Å². The zero-order chi connectivity index (χ0) is 15.5. The summed E-state index contributed by atoms with van der Waals surface area (Å²) < 4.78 is 15.8. The van der Waals surface area contributed by atoms with Gasteiger partial charge in [0.25, 0.3) is 5.69 Å². The van der Waals surface area contributed by atoms with Crippen molar-refractivity contribution >= 4 is 11.4 Å². The number of rotatable bonds is 11. The van der Waals surface area contributed by atoms with Gasteiger partial charge in [0.2, 0.25) is 0 Å². The van der Waals surface area contributed by atoms with Crippen molar-refractivity contribution in [3.63, 3.8) is 0 Å². The van der Waals surface area contributed by atoms with E-state index in [1.165, 1.54) is 12.1 Å². The van der Waals surface area contributed by atoms with Crippen LogP contribution in [0.4, 0.5) is 11.4 Å². The number of nitrogens with one attached hydrogen (secondary N) is 1. The van der Waals surface area contributed by atoms with E-state index in [2.05, 4.69) is 5.32 Å². The molecule has 8 heteroatoms. The molecule has 2 N–H and O–H groups in total. The standard InChI is InChI=1S/C13H20N2O6/c1-14-12-3-2-11(15(17)18)10-13(12)21-9-8-20-7-6-19-5-4-16/h2-3,10,14,16H,4-9H2,1H3. The number of aliphatic hydroxyl groups is 1. The lowest BCUT2D eigenvalue weighted by molar-refractivity contribution is -0.384. The Bertz CT molecular complexity index is 441. The second-order valence-corrected chi connectivity index (χ2v) is 3.98. The lowest BCUT2D eigenvalue weighted by Gasteiger charge is -2.11. The molecule has 0 aliphatic rings. The molecule has 0 saturated heterocycles. The Labute approximate surface area is 122 Å². The first-order chi connectivity index (χ1) is 10.2. The molecule has 0 aromatic heterocycles. The average molecular weight is 300 g/mol. The topological polar surface area (TPSA) is 103 Å². The highest BCUT2D eigenvalue weighted by Crippen LogP contribution is 2.28. The molecule has 21 heavy (non-hydrogen) atoms. The van der Waals surface area contributed by atoms with E-state index >= 15 is 0 Å². The summed E-state index contributed by atoms with van der Waals surface area (Å²) in [4.78, 5) is 10.3. The maximum atomic E-state index is 10.7. The fourth-order valence-electron chi connectivity index (χ4n) is 1.55. The maximum absolute atomic E-state index is 10.7. The van der Waals surface area contributed by atoms with Crippen molar-refractivity contribution in [3.05, 3.63) is 28.3 Å². The Hall–Kier alpha value is -1.90. The molecule has 0 saturated carbocycles. The monoisotopic (exact) mass is 300 g/mol. The molecule has 1 aromatic carbocycles. The lowest BCUT2D eigenvalue weighted by Crippen LogP contribution is -2.12. The van der Waals surface area contributed by atoms with Crippen LogP contribution in [-0.4, -0.2) is 56.7 Å². The quantitative estimate of drug-likeness (QED) is 0.357. The lowest BCUT2D eigenvalue weighted by atomic mass is 10.2. The van der Waals surface area contributed by atoms with Crippen molar-refractivity contribution in [2.24, 2.45) is 0 Å². The highest BCUT2D eigenvalue weighted by Gasteiger charge is 2.11. The molecule has 0 aliphatic heterocycles. The molecule has 0 spiro atoms. The van der Waals surface area contributed by atoms with E-state index in [4.69, 9.17) is 19.3 Å². The van der Waals surface area contributed by atoms with E-state index in [-0.39, 0.29) is 18.9 Å². The van der Waals surface area contributed by atoms with Gasteiger partial charge in [-0.15, -0.1) is 0 Å². The number of benzene rings is 1. The largest absolute Gasteiger partial charge is 0.489 e. The van der Waals surface area contributed by atoms with E-state index in [9.17, 15) is 10.1 Å². The SMILES string of the molecule is CNc1ccc([N+](=O)[O-])cc1OCCOCCOCCO. The van der Waals surface area contributed by atoms with Gasteiger partial charge in [0.05, 0.1) is 49.7 Å². The second-order valence-electron chi connectivity index (χ2n) is 3.98. The molecule has 118 valence electrons. The number of nitrogens with zero attached hydrogens (tertiary/aromatic N) is 1. The third kappa shape index (κ3) is 6.39. The molecule has 0 amide bonds. The minimum Gasteiger partial charge on any atom is -0.489 e. The van der Waals surface area contributed by atoms with E-state index in [1.54, 1.807) is 13.1 Å². The van der Waals surface area contributed by atoms with Crippen molar-refractivity contribution in [2.45, 2.75) is 0 Å². The number of ether oxygens (including phenoxy) is 3. The highest BCUT2D eigenvalue weighted by molar-refractivity contribution is 5.60. The van der Waals surface area contributed by atoms with Gasteiger partial charge in [-0.1, -0.05) is 0 Å². The Morgan fingerprint density at radius 3 is 2.48 bits per heavy atom. The summed E-state index contributed by atoms with van der Waals surface area (Å²) in [6.45, 7) is 1.70. The van der Waals surface area contributed by atoms with E-state index in [1.807, 2.05) is 0 Å². The van der Waals surface area contributed by atoms with Gasteiger partial charge in [0, 0.05) is 13.1 Å². The van der Waals surface area contributed by atoms with Gasteiger partial charge in [-0.25, -0.2) is 0 Å². The van der Waals surface area contributed by atoms with Crippen LogP contribution in [0.1, 0.15) is 0 Å². The maximum Gasteiger partial charge on any atom is 0.273 e. The number of nitro groups is 1. The summed E-state index contributed by atoms with van der Waals surface area (Å²) >= 11 is 0. The summed E-state index contributed by atoms with van der Waals surface area (Å²) in [6.07, 6.45) is 0. The third-order valence-corrected chi connectivity index (χ3v) is 2.54. The van der Waals surface area contributed by atoms with Crippen molar-refractivity contribution in [3.8, 4) is 5.75 Å². The minimum atomic E-state index is -0.471. The van der Waals surface area contributed by atoms with Crippen LogP contribution < -0.4 is 10.1 Å². The Balaban J connectivity index is 2.33. The molecule has 0 aliphatic carbocycles. The van der Waals surface area contributed by atoms with E-state index < -0.39 is 4.92 Å². The smallest absolute Gasteiger partial charge is 0.273 e. The zero-order valence-corrected chi connectivity index (χ0v) is 11.9. The Kier molecular flexibility index (Phi) is 8.10. The van der Waals surface area contributed by atoms with Crippen LogP contribution in [0.3, 0.4) is 0 Å². The van der Waals surface area contributed by atoms with Crippen molar-refractivity contribution < 1.29 is 24.2 Å². The van der Waals surface area contributed by atoms with Crippen LogP contribution in [0.15, 0.2) is 18.2 Å². The second kappa shape index (κ2) is 9.92. The summed E-state index contributed by atoms with van der Waals surface area (Å²) in [5.74, 6) is 0.409. The molecule has 8 nitrogen and oxygen atoms in total. The number of anilines is 1. The molecule has 0 atom stereocenters. The number of hydrogen-bond acceptors (Lipinski definition) is 7. The molecular formula is C13H20N2O6.